The van der Waals surface area contributed by atoms with Crippen molar-refractivity contribution in [1.82, 2.24) is 14.8 Å². The van der Waals surface area contributed by atoms with Gasteiger partial charge in [0.15, 0.2) is 0 Å². The number of carbonyl (C=O) groups is 1. The van der Waals surface area contributed by atoms with Gasteiger partial charge in [0.25, 0.3) is 5.82 Å². The molecule has 0 aliphatic heterocycles. The Morgan fingerprint density at radius 3 is 3.00 bits per heavy atom. The average molecular weight is 260 g/mol. The SMILES string of the molecule is COC(=O)c1ncn(-c2cc(P)ccc2C#N)n1. The van der Waals surface area contributed by atoms with E-state index in [2.05, 4.69) is 30.1 Å². The highest BCUT2D eigenvalue weighted by molar-refractivity contribution is 7.27. The second kappa shape index (κ2) is 4.94. The molecule has 0 N–H and O–H groups in total. The molecule has 1 aromatic heterocycles. The fourth-order valence-corrected chi connectivity index (χ4v) is 1.65. The first-order valence-corrected chi connectivity index (χ1v) is 5.53. The van der Waals surface area contributed by atoms with E-state index in [1.54, 1.807) is 18.2 Å². The predicted octanol–water partition coefficient (Wildman–Crippen LogP) is 0.426. The van der Waals surface area contributed by atoms with Gasteiger partial charge in [0.2, 0.25) is 0 Å². The summed E-state index contributed by atoms with van der Waals surface area (Å²) in [7, 11) is 3.79. The molecule has 18 heavy (non-hydrogen) atoms. The first-order valence-electron chi connectivity index (χ1n) is 4.95. The molecule has 1 atom stereocenters. The quantitative estimate of drug-likeness (QED) is 0.577. The van der Waals surface area contributed by atoms with Crippen molar-refractivity contribution < 1.29 is 9.53 Å². The van der Waals surface area contributed by atoms with Crippen LogP contribution in [0.3, 0.4) is 0 Å². The van der Waals surface area contributed by atoms with Gasteiger partial charge in [-0.25, -0.2) is 14.5 Å². The van der Waals surface area contributed by atoms with Crippen molar-refractivity contribution in [2.75, 3.05) is 7.11 Å². The topological polar surface area (TPSA) is 80.8 Å². The van der Waals surface area contributed by atoms with Gasteiger partial charge >= 0.3 is 5.97 Å². The molecular formula is C11H9N4O2P. The molecule has 0 aliphatic rings. The Hall–Kier alpha value is -2.25. The Morgan fingerprint density at radius 1 is 1.56 bits per heavy atom. The third-order valence-electron chi connectivity index (χ3n) is 2.25. The van der Waals surface area contributed by atoms with E-state index in [1.165, 1.54) is 18.1 Å². The second-order valence-corrected chi connectivity index (χ2v) is 4.06. The van der Waals surface area contributed by atoms with Crippen LogP contribution in [-0.4, -0.2) is 27.8 Å². The number of hydrogen-bond acceptors (Lipinski definition) is 5. The standard InChI is InChI=1S/C11H9N4O2P/c1-17-11(16)10-13-6-15(14-10)9-4-8(18)3-2-7(9)5-12/h2-4,6H,18H2,1H3. The van der Waals surface area contributed by atoms with Crippen molar-refractivity contribution in [1.29, 1.82) is 5.26 Å². The van der Waals surface area contributed by atoms with E-state index < -0.39 is 5.97 Å². The lowest BCUT2D eigenvalue weighted by Crippen LogP contribution is -2.07. The van der Waals surface area contributed by atoms with E-state index in [0.29, 0.717) is 11.3 Å². The number of hydrogen-bond donors (Lipinski definition) is 0. The van der Waals surface area contributed by atoms with Crippen LogP contribution < -0.4 is 5.30 Å². The van der Waals surface area contributed by atoms with Crippen LogP contribution in [0.25, 0.3) is 5.69 Å². The summed E-state index contributed by atoms with van der Waals surface area (Å²) in [4.78, 5) is 15.1. The summed E-state index contributed by atoms with van der Waals surface area (Å²) in [6.45, 7) is 0. The van der Waals surface area contributed by atoms with Crippen LogP contribution in [0.5, 0.6) is 0 Å². The summed E-state index contributed by atoms with van der Waals surface area (Å²) in [6, 6.07) is 7.30. The fourth-order valence-electron chi connectivity index (χ4n) is 1.40. The van der Waals surface area contributed by atoms with Crippen LogP contribution in [0.2, 0.25) is 0 Å². The molecule has 0 fully saturated rings. The summed E-state index contributed by atoms with van der Waals surface area (Å²) in [6.07, 6.45) is 1.37. The van der Waals surface area contributed by atoms with Gasteiger partial charge in [0.1, 0.15) is 12.4 Å². The van der Waals surface area contributed by atoms with Crippen molar-refractivity contribution >= 4 is 20.5 Å². The Labute approximate surface area is 105 Å². The van der Waals surface area contributed by atoms with Gasteiger partial charge in [0, 0.05) is 0 Å². The Morgan fingerprint density at radius 2 is 2.33 bits per heavy atom. The summed E-state index contributed by atoms with van der Waals surface area (Å²) < 4.78 is 5.89. The van der Waals surface area contributed by atoms with Crippen LogP contribution in [0.4, 0.5) is 0 Å². The monoisotopic (exact) mass is 260 g/mol. The normalized spacial score (nSPS) is 9.83. The van der Waals surface area contributed by atoms with E-state index in [-0.39, 0.29) is 5.82 Å². The molecule has 6 nitrogen and oxygen atoms in total. The van der Waals surface area contributed by atoms with Crippen molar-refractivity contribution in [3.8, 4) is 11.8 Å². The number of rotatable bonds is 2. The zero-order valence-corrected chi connectivity index (χ0v) is 10.6. The molecule has 1 heterocycles. The Kier molecular flexibility index (Phi) is 3.35. The first kappa shape index (κ1) is 12.2. The zero-order chi connectivity index (χ0) is 13.1. The Bertz CT molecular complexity index is 645. The molecule has 1 unspecified atom stereocenters. The molecule has 2 rings (SSSR count). The highest BCUT2D eigenvalue weighted by Crippen LogP contribution is 2.12. The number of benzene rings is 1. The largest absolute Gasteiger partial charge is 0.463 e. The van der Waals surface area contributed by atoms with Crippen molar-refractivity contribution in [3.63, 3.8) is 0 Å². The zero-order valence-electron chi connectivity index (χ0n) is 9.49. The van der Waals surface area contributed by atoms with Crippen LogP contribution >= 0.6 is 9.24 Å². The van der Waals surface area contributed by atoms with Gasteiger partial charge in [-0.05, 0) is 17.4 Å². The van der Waals surface area contributed by atoms with E-state index in [4.69, 9.17) is 5.26 Å². The van der Waals surface area contributed by atoms with E-state index in [0.717, 1.165) is 5.30 Å². The van der Waals surface area contributed by atoms with Gasteiger partial charge in [-0.2, -0.15) is 5.26 Å². The minimum Gasteiger partial charge on any atom is -0.463 e. The van der Waals surface area contributed by atoms with Crippen LogP contribution in [0.15, 0.2) is 24.5 Å². The lowest BCUT2D eigenvalue weighted by molar-refractivity contribution is 0.0587. The van der Waals surface area contributed by atoms with Gasteiger partial charge in [0.05, 0.1) is 18.4 Å². The third-order valence-corrected chi connectivity index (χ3v) is 2.61. The summed E-state index contributed by atoms with van der Waals surface area (Å²) in [5, 5.41) is 13.9. The van der Waals surface area contributed by atoms with Gasteiger partial charge in [-0.3, -0.25) is 0 Å². The average Bonchev–Trinajstić information content (AvgIpc) is 2.87. The minimum absolute atomic E-state index is 0.0458. The number of nitriles is 1. The minimum atomic E-state index is -0.616. The fraction of sp³-hybridized carbons (Fsp3) is 0.0909. The van der Waals surface area contributed by atoms with Crippen LogP contribution in [-0.2, 0) is 4.74 Å². The first-order chi connectivity index (χ1) is 8.65. The molecule has 0 radical (unpaired) electrons. The van der Waals surface area contributed by atoms with E-state index in [9.17, 15) is 4.79 Å². The molecule has 0 spiro atoms. The molecule has 0 amide bonds. The van der Waals surface area contributed by atoms with Crippen molar-refractivity contribution in [3.05, 3.63) is 35.9 Å². The summed E-state index contributed by atoms with van der Waals surface area (Å²) >= 11 is 0. The number of ether oxygens (including phenoxy) is 1. The number of carbonyl (C=O) groups excluding carboxylic acids is 1. The molecule has 1 aromatic carbocycles. The maximum absolute atomic E-state index is 11.2. The molecule has 0 saturated carbocycles. The number of esters is 1. The molecule has 2 aromatic rings. The molecular weight excluding hydrogens is 251 g/mol. The third kappa shape index (κ3) is 2.22. The van der Waals surface area contributed by atoms with Gasteiger partial charge < -0.3 is 4.74 Å². The van der Waals surface area contributed by atoms with Crippen LogP contribution in [0, 0.1) is 11.3 Å². The number of methoxy groups -OCH3 is 1. The number of nitrogens with zero attached hydrogens (tertiary/aromatic N) is 4. The maximum atomic E-state index is 11.2. The Balaban J connectivity index is 2.49. The maximum Gasteiger partial charge on any atom is 0.377 e. The predicted molar refractivity (Wildman–Crippen MR) is 66.8 cm³/mol. The highest BCUT2D eigenvalue weighted by atomic mass is 31.0. The smallest absolute Gasteiger partial charge is 0.377 e. The second-order valence-electron chi connectivity index (χ2n) is 3.39. The lowest BCUT2D eigenvalue weighted by Gasteiger charge is -2.03. The summed E-state index contributed by atoms with van der Waals surface area (Å²) in [5.41, 5.74) is 1.01. The highest BCUT2D eigenvalue weighted by Gasteiger charge is 2.13. The molecule has 90 valence electrons. The van der Waals surface area contributed by atoms with Crippen molar-refractivity contribution in [2.24, 2.45) is 0 Å². The van der Waals surface area contributed by atoms with Crippen molar-refractivity contribution in [2.45, 2.75) is 0 Å². The molecule has 0 saturated heterocycles. The van der Waals surface area contributed by atoms with Gasteiger partial charge in [-0.1, -0.05) is 6.07 Å². The molecule has 0 aliphatic carbocycles. The summed E-state index contributed by atoms with van der Waals surface area (Å²) in [5.74, 6) is -0.662. The molecule has 0 bridgehead atoms. The van der Waals surface area contributed by atoms with Crippen LogP contribution in [0.1, 0.15) is 16.2 Å². The van der Waals surface area contributed by atoms with Gasteiger partial charge in [-0.15, -0.1) is 14.3 Å². The molecule has 7 heteroatoms. The van der Waals surface area contributed by atoms with E-state index in [1.807, 2.05) is 0 Å². The van der Waals surface area contributed by atoms with E-state index >= 15 is 0 Å². The number of aromatic nitrogens is 3. The lowest BCUT2D eigenvalue weighted by atomic mass is 10.2.